The minimum Gasteiger partial charge on any atom is -0.268 e. The van der Waals surface area contributed by atoms with E-state index in [1.165, 1.54) is 14.1 Å². The number of barbiturate groups is 1. The molecule has 1 rings (SSSR count). The Bertz CT molecular complexity index is 384. The summed E-state index contributed by atoms with van der Waals surface area (Å²) in [6.45, 7) is 5.80. The fourth-order valence-electron chi connectivity index (χ4n) is 1.91. The van der Waals surface area contributed by atoms with Gasteiger partial charge in [-0.3, -0.25) is 19.4 Å². The summed E-state index contributed by atoms with van der Waals surface area (Å²) in [5, 5.41) is 0. The molecule has 0 N–H and O–H groups in total. The number of amides is 4. The lowest BCUT2D eigenvalue weighted by molar-refractivity contribution is -0.134. The van der Waals surface area contributed by atoms with Gasteiger partial charge in [-0.15, -0.1) is 0 Å². The van der Waals surface area contributed by atoms with Crippen LogP contribution in [0.5, 0.6) is 0 Å². The van der Waals surface area contributed by atoms with Crippen LogP contribution in [-0.2, 0) is 9.59 Å². The first kappa shape index (κ1) is 13.4. The number of hydrogen-bond donors (Lipinski definition) is 0. The van der Waals surface area contributed by atoms with Gasteiger partial charge in [0.2, 0.25) is 0 Å². The largest absolute Gasteiger partial charge is 0.333 e. The molecule has 0 aliphatic carbocycles. The molecule has 0 radical (unpaired) electrons. The molecule has 1 aliphatic rings. The zero-order valence-corrected chi connectivity index (χ0v) is 10.9. The predicted octanol–water partition coefficient (Wildman–Crippen LogP) is 1.40. The van der Waals surface area contributed by atoms with Crippen molar-refractivity contribution in [2.45, 2.75) is 27.2 Å². The number of carbonyl (C=O) groups excluding carboxylic acids is 3. The van der Waals surface area contributed by atoms with Gasteiger partial charge >= 0.3 is 6.03 Å². The molecule has 0 aromatic heterocycles. The Kier molecular flexibility index (Phi) is 3.70. The SMILES string of the molecule is CC(CC(C)C)=C1C(=O)N(C)C(=O)N(C)C1=O. The molecule has 0 saturated carbocycles. The van der Waals surface area contributed by atoms with Crippen molar-refractivity contribution >= 4 is 17.8 Å². The fraction of sp³-hybridized carbons (Fsp3) is 0.583. The summed E-state index contributed by atoms with van der Waals surface area (Å²) in [7, 11) is 2.77. The van der Waals surface area contributed by atoms with Gasteiger partial charge in [-0.25, -0.2) is 4.79 Å². The van der Waals surface area contributed by atoms with Gasteiger partial charge in [-0.2, -0.15) is 0 Å². The summed E-state index contributed by atoms with van der Waals surface area (Å²) < 4.78 is 0. The molecule has 0 spiro atoms. The van der Waals surface area contributed by atoms with Gasteiger partial charge in [-0.1, -0.05) is 19.4 Å². The van der Waals surface area contributed by atoms with E-state index in [1.807, 2.05) is 13.8 Å². The van der Waals surface area contributed by atoms with E-state index < -0.39 is 17.8 Å². The summed E-state index contributed by atoms with van der Waals surface area (Å²) >= 11 is 0. The normalized spacial score (nSPS) is 17.3. The van der Waals surface area contributed by atoms with Crippen molar-refractivity contribution in [3.8, 4) is 0 Å². The van der Waals surface area contributed by atoms with Crippen LogP contribution in [0.3, 0.4) is 0 Å². The Morgan fingerprint density at radius 3 is 1.82 bits per heavy atom. The second-order valence-electron chi connectivity index (χ2n) is 4.76. The third kappa shape index (κ3) is 2.38. The number of imide groups is 2. The first-order chi connectivity index (χ1) is 7.77. The van der Waals surface area contributed by atoms with Crippen LogP contribution in [0.15, 0.2) is 11.1 Å². The molecule has 1 aliphatic heterocycles. The van der Waals surface area contributed by atoms with Crippen LogP contribution in [0.2, 0.25) is 0 Å². The van der Waals surface area contributed by atoms with Gasteiger partial charge in [0, 0.05) is 14.1 Å². The molecule has 5 nitrogen and oxygen atoms in total. The molecule has 1 saturated heterocycles. The number of hydrogen-bond acceptors (Lipinski definition) is 3. The van der Waals surface area contributed by atoms with Gasteiger partial charge < -0.3 is 0 Å². The van der Waals surface area contributed by atoms with Crippen molar-refractivity contribution < 1.29 is 14.4 Å². The molecule has 0 aromatic rings. The van der Waals surface area contributed by atoms with Crippen molar-refractivity contribution in [1.82, 2.24) is 9.80 Å². The average molecular weight is 238 g/mol. The highest BCUT2D eigenvalue weighted by Crippen LogP contribution is 2.21. The highest BCUT2D eigenvalue weighted by molar-refractivity contribution is 6.28. The smallest absolute Gasteiger partial charge is 0.268 e. The maximum atomic E-state index is 11.9. The van der Waals surface area contributed by atoms with Gasteiger partial charge in [0.05, 0.1) is 0 Å². The molecule has 0 aromatic carbocycles. The van der Waals surface area contributed by atoms with Crippen LogP contribution in [0.1, 0.15) is 27.2 Å². The third-order valence-electron chi connectivity index (χ3n) is 2.75. The first-order valence-electron chi connectivity index (χ1n) is 5.57. The van der Waals surface area contributed by atoms with Gasteiger partial charge in [0.1, 0.15) is 5.57 Å². The molecule has 17 heavy (non-hydrogen) atoms. The van der Waals surface area contributed by atoms with Crippen molar-refractivity contribution in [2.24, 2.45) is 5.92 Å². The molecule has 94 valence electrons. The van der Waals surface area contributed by atoms with Crippen LogP contribution in [0.25, 0.3) is 0 Å². The molecule has 5 heteroatoms. The summed E-state index contributed by atoms with van der Waals surface area (Å²) in [4.78, 5) is 37.3. The highest BCUT2D eigenvalue weighted by atomic mass is 16.2. The number of likely N-dealkylation sites (N-methyl/N-ethyl adjacent to an activating group) is 2. The molecule has 4 amide bonds. The Hall–Kier alpha value is -1.65. The second-order valence-corrected chi connectivity index (χ2v) is 4.76. The quantitative estimate of drug-likeness (QED) is 0.539. The first-order valence-corrected chi connectivity index (χ1v) is 5.57. The van der Waals surface area contributed by atoms with E-state index in [4.69, 9.17) is 0 Å². The topological polar surface area (TPSA) is 57.7 Å². The molecule has 1 heterocycles. The Balaban J connectivity index is 3.18. The lowest BCUT2D eigenvalue weighted by Gasteiger charge is -2.30. The third-order valence-corrected chi connectivity index (χ3v) is 2.75. The second kappa shape index (κ2) is 4.69. The number of nitrogens with zero attached hydrogens (tertiary/aromatic N) is 2. The minimum absolute atomic E-state index is 0.128. The molecular weight excluding hydrogens is 220 g/mol. The highest BCUT2D eigenvalue weighted by Gasteiger charge is 2.38. The maximum Gasteiger partial charge on any atom is 0.333 e. The zero-order valence-electron chi connectivity index (χ0n) is 10.9. The van der Waals surface area contributed by atoms with Crippen LogP contribution in [-0.4, -0.2) is 41.7 Å². The van der Waals surface area contributed by atoms with Crippen molar-refractivity contribution in [2.75, 3.05) is 14.1 Å². The van der Waals surface area contributed by atoms with Crippen LogP contribution in [0, 0.1) is 5.92 Å². The van der Waals surface area contributed by atoms with E-state index in [0.717, 1.165) is 15.4 Å². The molecule has 0 unspecified atom stereocenters. The van der Waals surface area contributed by atoms with Crippen LogP contribution < -0.4 is 0 Å². The zero-order chi connectivity index (χ0) is 13.3. The van der Waals surface area contributed by atoms with E-state index in [-0.39, 0.29) is 5.57 Å². The standard InChI is InChI=1S/C12H18N2O3/c1-7(2)6-8(3)9-10(15)13(4)12(17)14(5)11(9)16/h7H,6H2,1-5H3. The van der Waals surface area contributed by atoms with Crippen molar-refractivity contribution in [1.29, 1.82) is 0 Å². The van der Waals surface area contributed by atoms with Gasteiger partial charge in [0.15, 0.2) is 0 Å². The summed E-state index contributed by atoms with van der Waals surface area (Å²) in [6.07, 6.45) is 0.669. The fourth-order valence-corrected chi connectivity index (χ4v) is 1.91. The van der Waals surface area contributed by atoms with Gasteiger partial charge in [0.25, 0.3) is 11.8 Å². The minimum atomic E-state index is -0.582. The lowest BCUT2D eigenvalue weighted by atomic mass is 9.97. The number of carbonyl (C=O) groups is 3. The molecule has 1 fully saturated rings. The van der Waals surface area contributed by atoms with E-state index in [2.05, 4.69) is 0 Å². The molecule has 0 bridgehead atoms. The predicted molar refractivity (Wildman–Crippen MR) is 63.1 cm³/mol. The summed E-state index contributed by atoms with van der Waals surface area (Å²) in [5.74, 6) is -0.649. The Morgan fingerprint density at radius 2 is 1.47 bits per heavy atom. The number of allylic oxidation sites excluding steroid dienone is 1. The van der Waals surface area contributed by atoms with Crippen LogP contribution >= 0.6 is 0 Å². The van der Waals surface area contributed by atoms with Crippen molar-refractivity contribution in [3.05, 3.63) is 11.1 Å². The van der Waals surface area contributed by atoms with Gasteiger partial charge in [-0.05, 0) is 19.3 Å². The molecule has 0 atom stereocenters. The Morgan fingerprint density at radius 1 is 1.06 bits per heavy atom. The van der Waals surface area contributed by atoms with E-state index in [0.29, 0.717) is 12.3 Å². The maximum absolute atomic E-state index is 11.9. The number of urea groups is 1. The summed E-state index contributed by atoms with van der Waals surface area (Å²) in [6, 6.07) is -0.582. The van der Waals surface area contributed by atoms with Crippen LogP contribution in [0.4, 0.5) is 4.79 Å². The van der Waals surface area contributed by atoms with E-state index >= 15 is 0 Å². The molecular formula is C12H18N2O3. The lowest BCUT2D eigenvalue weighted by Crippen LogP contribution is -2.53. The van der Waals surface area contributed by atoms with E-state index in [9.17, 15) is 14.4 Å². The average Bonchev–Trinajstić information content (AvgIpc) is 2.23. The number of rotatable bonds is 2. The summed E-state index contributed by atoms with van der Waals surface area (Å²) in [5.41, 5.74) is 0.865. The van der Waals surface area contributed by atoms with E-state index in [1.54, 1.807) is 6.92 Å². The van der Waals surface area contributed by atoms with Crippen molar-refractivity contribution in [3.63, 3.8) is 0 Å². The Labute approximate surface area is 101 Å². The monoisotopic (exact) mass is 238 g/mol.